The Morgan fingerprint density at radius 1 is 0.800 bits per heavy atom. The Kier molecular flexibility index (Phi) is 3.82. The second kappa shape index (κ2) is 5.32. The molecule has 0 amide bonds. The van der Waals surface area contributed by atoms with E-state index in [2.05, 4.69) is 81.0 Å². The van der Waals surface area contributed by atoms with Gasteiger partial charge in [0.05, 0.1) is 0 Å². The first kappa shape index (κ1) is 14.4. The average molecular weight is 342 g/mol. The van der Waals surface area contributed by atoms with Crippen molar-refractivity contribution in [1.82, 2.24) is 0 Å². The molecule has 1 aliphatic carbocycles. The van der Waals surface area contributed by atoms with Crippen LogP contribution in [0.5, 0.6) is 0 Å². The summed E-state index contributed by atoms with van der Waals surface area (Å²) in [4.78, 5) is 0. The van der Waals surface area contributed by atoms with Gasteiger partial charge in [0.1, 0.15) is 0 Å². The molecule has 0 fully saturated rings. The van der Waals surface area contributed by atoms with Crippen molar-refractivity contribution in [3.8, 4) is 0 Å². The molecule has 0 saturated carbocycles. The number of hydrogen-bond acceptors (Lipinski definition) is 0. The van der Waals surface area contributed by atoms with Crippen LogP contribution in [-0.4, -0.2) is 28.2 Å². The van der Waals surface area contributed by atoms with Crippen molar-refractivity contribution in [3.63, 3.8) is 0 Å². The van der Waals surface area contributed by atoms with Crippen molar-refractivity contribution in [2.24, 2.45) is 0 Å². The Labute approximate surface area is 131 Å². The molecule has 0 aliphatic heterocycles. The van der Waals surface area contributed by atoms with Crippen LogP contribution in [0.25, 0.3) is 22.9 Å². The van der Waals surface area contributed by atoms with Crippen LogP contribution in [0, 0.1) is 0 Å². The fourth-order valence-electron chi connectivity index (χ4n) is 3.34. The van der Waals surface area contributed by atoms with Crippen LogP contribution in [0.1, 0.15) is 38.8 Å². The normalized spacial score (nSPS) is 13.4. The van der Waals surface area contributed by atoms with Gasteiger partial charge in [0.2, 0.25) is 0 Å². The van der Waals surface area contributed by atoms with E-state index in [4.69, 9.17) is 0 Å². The molecule has 0 aromatic heterocycles. The topological polar surface area (TPSA) is 0 Å². The van der Waals surface area contributed by atoms with E-state index in [1.807, 2.05) is 0 Å². The molecular weight excluding hydrogens is 322 g/mol. The minimum absolute atomic E-state index is 0.125. The Morgan fingerprint density at radius 3 is 1.90 bits per heavy atom. The van der Waals surface area contributed by atoms with Crippen LogP contribution < -0.4 is 9.66 Å². The predicted molar refractivity (Wildman–Crippen MR) is 95.1 cm³/mol. The molecule has 102 valence electrons. The molecule has 0 bridgehead atoms. The molecule has 2 radical (unpaired) electrons. The Hall–Kier alpha value is -0.572. The molecule has 2 aromatic carbocycles. The first-order chi connectivity index (χ1) is 9.50. The molecule has 0 atom stereocenters. The summed E-state index contributed by atoms with van der Waals surface area (Å²) in [7, 11) is -0.125. The molecule has 0 unspecified atom stereocenters. The number of benzene rings is 2. The van der Waals surface area contributed by atoms with E-state index < -0.39 is 0 Å². The summed E-state index contributed by atoms with van der Waals surface area (Å²) in [5, 5.41) is 4.55. The minimum atomic E-state index is -0.125. The van der Waals surface area contributed by atoms with Gasteiger partial charge in [0.15, 0.2) is 0 Å². The third kappa shape index (κ3) is 2.18. The van der Waals surface area contributed by atoms with Crippen LogP contribution in [0.2, 0.25) is 0 Å². The summed E-state index contributed by atoms with van der Waals surface area (Å²) in [6.45, 7) is 9.49. The maximum atomic E-state index is 2.77. The summed E-state index contributed by atoms with van der Waals surface area (Å²) >= 11 is 2.77. The molecular formula is C18H20AsP. The fraction of sp³-hybridized carbons (Fsp3) is 0.333. The van der Waals surface area contributed by atoms with Gasteiger partial charge < -0.3 is 0 Å². The number of hydrogen-bond donors (Lipinski definition) is 0. The first-order valence-electron chi connectivity index (χ1n) is 7.26. The zero-order chi connectivity index (χ0) is 14.4. The van der Waals surface area contributed by atoms with E-state index in [-0.39, 0.29) is 7.92 Å². The Balaban J connectivity index is 2.34. The zero-order valence-electron chi connectivity index (χ0n) is 12.5. The standard InChI is InChI=1S/C18H20AsP/c1-11(2)20(12(3)4)16-10-8-14-6-5-13-7-9-15(19)18(16)17(13)14/h5-12H,1-4H3. The molecule has 0 N–H and O–H groups in total. The van der Waals surface area contributed by atoms with E-state index in [0.29, 0.717) is 0 Å². The summed E-state index contributed by atoms with van der Waals surface area (Å²) in [6.07, 6.45) is 4.50. The van der Waals surface area contributed by atoms with Crippen molar-refractivity contribution in [3.05, 3.63) is 35.4 Å². The zero-order valence-corrected chi connectivity index (χ0v) is 15.3. The van der Waals surface area contributed by atoms with Crippen LogP contribution >= 0.6 is 7.92 Å². The number of rotatable bonds is 3. The summed E-state index contributed by atoms with van der Waals surface area (Å²) in [5.41, 5.74) is 4.22. The maximum absolute atomic E-state index is 2.77. The molecule has 0 spiro atoms. The van der Waals surface area contributed by atoms with Crippen molar-refractivity contribution in [2.75, 3.05) is 0 Å². The van der Waals surface area contributed by atoms with Gasteiger partial charge >= 0.3 is 132 Å². The molecule has 20 heavy (non-hydrogen) atoms. The average Bonchev–Trinajstić information content (AvgIpc) is 2.78. The molecule has 2 heteroatoms. The quantitative estimate of drug-likeness (QED) is 0.498. The van der Waals surface area contributed by atoms with Crippen molar-refractivity contribution >= 4 is 57.4 Å². The van der Waals surface area contributed by atoms with Gasteiger partial charge in [0, 0.05) is 0 Å². The van der Waals surface area contributed by atoms with E-state index in [0.717, 1.165) is 11.3 Å². The molecule has 0 nitrogen and oxygen atoms in total. The van der Waals surface area contributed by atoms with Gasteiger partial charge in [0.25, 0.3) is 0 Å². The SMILES string of the molecule is CC(C)P(c1ccc2c3c(ccc([As])c13)C=C2)C(C)C. The molecule has 0 heterocycles. The predicted octanol–water partition coefficient (Wildman–Crippen LogP) is 4.04. The molecule has 2 aromatic rings. The fourth-order valence-corrected chi connectivity index (χ4v) is 7.22. The van der Waals surface area contributed by atoms with Crippen LogP contribution in [-0.2, 0) is 0 Å². The third-order valence-electron chi connectivity index (χ3n) is 4.01. The third-order valence-corrected chi connectivity index (χ3v) is 7.95. The monoisotopic (exact) mass is 342 g/mol. The summed E-state index contributed by atoms with van der Waals surface area (Å²) < 4.78 is 1.37. The second-order valence-electron chi connectivity index (χ2n) is 6.03. The van der Waals surface area contributed by atoms with E-state index in [1.54, 1.807) is 5.30 Å². The molecule has 0 saturated heterocycles. The Morgan fingerprint density at radius 2 is 1.35 bits per heavy atom. The van der Waals surface area contributed by atoms with E-state index in [9.17, 15) is 0 Å². The van der Waals surface area contributed by atoms with Crippen LogP contribution in [0.15, 0.2) is 24.3 Å². The molecule has 3 rings (SSSR count). The Bertz CT molecular complexity index is 678. The van der Waals surface area contributed by atoms with Gasteiger partial charge in [-0.15, -0.1) is 0 Å². The second-order valence-corrected chi connectivity index (χ2v) is 10.4. The van der Waals surface area contributed by atoms with Crippen LogP contribution in [0.3, 0.4) is 0 Å². The van der Waals surface area contributed by atoms with Crippen LogP contribution in [0.4, 0.5) is 0 Å². The van der Waals surface area contributed by atoms with Crippen molar-refractivity contribution in [2.45, 2.75) is 39.0 Å². The van der Waals surface area contributed by atoms with Crippen molar-refractivity contribution < 1.29 is 0 Å². The van der Waals surface area contributed by atoms with Gasteiger partial charge in [-0.05, 0) is 0 Å². The molecule has 1 aliphatic rings. The summed E-state index contributed by atoms with van der Waals surface area (Å²) in [6, 6.07) is 9.21. The summed E-state index contributed by atoms with van der Waals surface area (Å²) in [5.74, 6) is 0. The van der Waals surface area contributed by atoms with Gasteiger partial charge in [-0.3, -0.25) is 0 Å². The van der Waals surface area contributed by atoms with Crippen molar-refractivity contribution in [1.29, 1.82) is 0 Å². The van der Waals surface area contributed by atoms with E-state index in [1.165, 1.54) is 26.3 Å². The van der Waals surface area contributed by atoms with Gasteiger partial charge in [-0.25, -0.2) is 0 Å². The van der Waals surface area contributed by atoms with E-state index >= 15 is 0 Å². The van der Waals surface area contributed by atoms with Gasteiger partial charge in [-0.1, -0.05) is 0 Å². The van der Waals surface area contributed by atoms with Gasteiger partial charge in [-0.2, -0.15) is 0 Å². The first-order valence-corrected chi connectivity index (χ1v) is 9.67.